The fourth-order valence-corrected chi connectivity index (χ4v) is 1.63. The van der Waals surface area contributed by atoms with Gasteiger partial charge in [0.2, 0.25) is 0 Å². The summed E-state index contributed by atoms with van der Waals surface area (Å²) in [7, 11) is 1.60. The lowest BCUT2D eigenvalue weighted by molar-refractivity contribution is -0.123. The first-order valence-electron chi connectivity index (χ1n) is 6.29. The molecule has 0 saturated heterocycles. The normalized spacial score (nSPS) is 10.1. The van der Waals surface area contributed by atoms with E-state index in [-0.39, 0.29) is 12.5 Å². The molecule has 1 aromatic heterocycles. The molecule has 0 saturated carbocycles. The third-order valence-electron chi connectivity index (χ3n) is 2.70. The number of carbonyl (C=O) groups excluding carboxylic acids is 1. The Morgan fingerprint density at radius 3 is 2.70 bits per heavy atom. The summed E-state index contributed by atoms with van der Waals surface area (Å²) >= 11 is 0. The summed E-state index contributed by atoms with van der Waals surface area (Å²) < 4.78 is 10.4. The van der Waals surface area contributed by atoms with E-state index in [1.165, 1.54) is 0 Å². The fraction of sp³-hybridized carbons (Fsp3) is 0.286. The zero-order valence-corrected chi connectivity index (χ0v) is 11.3. The Morgan fingerprint density at radius 1 is 1.30 bits per heavy atom. The van der Waals surface area contributed by atoms with Crippen molar-refractivity contribution in [2.75, 3.05) is 20.3 Å². The maximum absolute atomic E-state index is 11.6. The van der Waals surface area contributed by atoms with Crippen molar-refractivity contribution in [3.63, 3.8) is 0 Å². The number of hydrogen-bond acceptors (Lipinski definition) is 4. The zero-order chi connectivity index (χ0) is 14.2. The summed E-state index contributed by atoms with van der Waals surface area (Å²) in [6, 6.07) is 7.09. The van der Waals surface area contributed by atoms with Crippen molar-refractivity contribution in [3.05, 3.63) is 42.5 Å². The molecule has 0 atom stereocenters. The minimum absolute atomic E-state index is 0.00466. The Labute approximate surface area is 117 Å². The maximum Gasteiger partial charge on any atom is 0.257 e. The van der Waals surface area contributed by atoms with Crippen LogP contribution < -0.4 is 14.8 Å². The van der Waals surface area contributed by atoms with Crippen LogP contribution in [0.2, 0.25) is 0 Å². The van der Waals surface area contributed by atoms with Crippen LogP contribution in [0.5, 0.6) is 11.5 Å². The lowest BCUT2D eigenvalue weighted by Gasteiger charge is -2.07. The number of nitrogens with one attached hydrogen (secondary N) is 2. The smallest absolute Gasteiger partial charge is 0.257 e. The highest BCUT2D eigenvalue weighted by molar-refractivity contribution is 5.77. The second-order valence-corrected chi connectivity index (χ2v) is 4.14. The van der Waals surface area contributed by atoms with Crippen LogP contribution in [-0.2, 0) is 11.2 Å². The van der Waals surface area contributed by atoms with Gasteiger partial charge in [-0.2, -0.15) is 0 Å². The quantitative estimate of drug-likeness (QED) is 0.795. The average Bonchev–Trinajstić information content (AvgIpc) is 2.99. The van der Waals surface area contributed by atoms with Crippen LogP contribution in [-0.4, -0.2) is 36.1 Å². The molecule has 0 aliphatic rings. The fourth-order valence-electron chi connectivity index (χ4n) is 1.63. The molecule has 1 heterocycles. The molecule has 2 aromatic rings. The maximum atomic E-state index is 11.6. The van der Waals surface area contributed by atoms with E-state index in [0.29, 0.717) is 18.7 Å². The van der Waals surface area contributed by atoms with E-state index in [1.807, 2.05) is 0 Å². The minimum atomic E-state index is -0.152. The number of amides is 1. The first-order valence-corrected chi connectivity index (χ1v) is 6.29. The molecule has 0 unspecified atom stereocenters. The number of imidazole rings is 1. The molecular formula is C14H17N3O3. The van der Waals surface area contributed by atoms with Crippen LogP contribution in [0.15, 0.2) is 36.8 Å². The zero-order valence-electron chi connectivity index (χ0n) is 11.3. The van der Waals surface area contributed by atoms with Gasteiger partial charge in [0, 0.05) is 24.9 Å². The predicted octanol–water partition coefficient (Wildman–Crippen LogP) is 1.16. The Bertz CT molecular complexity index is 523. The molecule has 1 amide bonds. The minimum Gasteiger partial charge on any atom is -0.497 e. The number of hydrogen-bond donors (Lipinski definition) is 2. The number of ether oxygens (including phenoxy) is 2. The van der Waals surface area contributed by atoms with E-state index in [0.717, 1.165) is 11.4 Å². The second kappa shape index (κ2) is 7.18. The van der Waals surface area contributed by atoms with Gasteiger partial charge in [-0.05, 0) is 24.3 Å². The van der Waals surface area contributed by atoms with Crippen LogP contribution in [0.4, 0.5) is 0 Å². The molecule has 0 bridgehead atoms. The van der Waals surface area contributed by atoms with Gasteiger partial charge < -0.3 is 19.8 Å². The van der Waals surface area contributed by atoms with Gasteiger partial charge in [-0.15, -0.1) is 0 Å². The number of rotatable bonds is 7. The van der Waals surface area contributed by atoms with E-state index < -0.39 is 0 Å². The van der Waals surface area contributed by atoms with Crippen molar-refractivity contribution in [2.24, 2.45) is 0 Å². The Balaban J connectivity index is 1.66. The van der Waals surface area contributed by atoms with Crippen LogP contribution in [0, 0.1) is 0 Å². The largest absolute Gasteiger partial charge is 0.497 e. The second-order valence-electron chi connectivity index (χ2n) is 4.14. The standard InChI is InChI=1S/C14H17N3O3/c1-19-12-2-4-13(5-3-12)20-9-14(18)16-7-6-11-8-15-10-17-11/h2-5,8,10H,6-7,9H2,1H3,(H,15,17)(H,16,18). The molecule has 0 aliphatic heterocycles. The number of aromatic amines is 1. The molecule has 0 radical (unpaired) electrons. The third kappa shape index (κ3) is 4.31. The lowest BCUT2D eigenvalue weighted by atomic mass is 10.3. The molecule has 0 fully saturated rings. The van der Waals surface area contributed by atoms with E-state index in [2.05, 4.69) is 15.3 Å². The van der Waals surface area contributed by atoms with Crippen molar-refractivity contribution in [1.29, 1.82) is 0 Å². The Hall–Kier alpha value is -2.50. The summed E-state index contributed by atoms with van der Waals surface area (Å²) in [5.74, 6) is 1.23. The van der Waals surface area contributed by atoms with Crippen molar-refractivity contribution in [2.45, 2.75) is 6.42 Å². The molecule has 6 heteroatoms. The first kappa shape index (κ1) is 13.9. The van der Waals surface area contributed by atoms with Gasteiger partial charge >= 0.3 is 0 Å². The van der Waals surface area contributed by atoms with E-state index in [9.17, 15) is 4.79 Å². The Morgan fingerprint density at radius 2 is 2.05 bits per heavy atom. The molecular weight excluding hydrogens is 258 g/mol. The molecule has 1 aromatic carbocycles. The number of aromatic nitrogens is 2. The van der Waals surface area contributed by atoms with Crippen LogP contribution in [0.25, 0.3) is 0 Å². The van der Waals surface area contributed by atoms with Crippen LogP contribution in [0.3, 0.4) is 0 Å². The SMILES string of the molecule is COc1ccc(OCC(=O)NCCc2cnc[nH]2)cc1. The first-order chi connectivity index (χ1) is 9.78. The molecule has 106 valence electrons. The van der Waals surface area contributed by atoms with Gasteiger partial charge in [0.15, 0.2) is 6.61 Å². The molecule has 0 aliphatic carbocycles. The van der Waals surface area contributed by atoms with Gasteiger partial charge in [0.05, 0.1) is 13.4 Å². The highest BCUT2D eigenvalue weighted by Crippen LogP contribution is 2.16. The number of methoxy groups -OCH3 is 1. The highest BCUT2D eigenvalue weighted by Gasteiger charge is 2.03. The van der Waals surface area contributed by atoms with Gasteiger partial charge in [0.25, 0.3) is 5.91 Å². The monoisotopic (exact) mass is 275 g/mol. The van der Waals surface area contributed by atoms with Crippen molar-refractivity contribution in [3.8, 4) is 11.5 Å². The number of benzene rings is 1. The topological polar surface area (TPSA) is 76.2 Å². The van der Waals surface area contributed by atoms with Crippen molar-refractivity contribution < 1.29 is 14.3 Å². The summed E-state index contributed by atoms with van der Waals surface area (Å²) in [6.45, 7) is 0.544. The third-order valence-corrected chi connectivity index (χ3v) is 2.70. The van der Waals surface area contributed by atoms with Gasteiger partial charge in [-0.3, -0.25) is 4.79 Å². The van der Waals surface area contributed by atoms with Crippen LogP contribution >= 0.6 is 0 Å². The van der Waals surface area contributed by atoms with E-state index >= 15 is 0 Å². The van der Waals surface area contributed by atoms with Crippen molar-refractivity contribution in [1.82, 2.24) is 15.3 Å². The predicted molar refractivity (Wildman–Crippen MR) is 73.8 cm³/mol. The van der Waals surface area contributed by atoms with Gasteiger partial charge in [-0.1, -0.05) is 0 Å². The van der Waals surface area contributed by atoms with Crippen LogP contribution in [0.1, 0.15) is 5.69 Å². The molecule has 0 spiro atoms. The number of nitrogens with zero attached hydrogens (tertiary/aromatic N) is 1. The molecule has 6 nitrogen and oxygen atoms in total. The summed E-state index contributed by atoms with van der Waals surface area (Å²) in [5, 5.41) is 2.78. The molecule has 20 heavy (non-hydrogen) atoms. The lowest BCUT2D eigenvalue weighted by Crippen LogP contribution is -2.30. The van der Waals surface area contributed by atoms with Crippen molar-refractivity contribution >= 4 is 5.91 Å². The summed E-state index contributed by atoms with van der Waals surface area (Å²) in [5.41, 5.74) is 0.987. The molecule has 2 rings (SSSR count). The highest BCUT2D eigenvalue weighted by atomic mass is 16.5. The van der Waals surface area contributed by atoms with E-state index in [1.54, 1.807) is 43.9 Å². The number of carbonyl (C=O) groups is 1. The summed E-state index contributed by atoms with van der Waals surface area (Å²) in [4.78, 5) is 18.5. The Kier molecular flexibility index (Phi) is 5.00. The number of H-pyrrole nitrogens is 1. The summed E-state index contributed by atoms with van der Waals surface area (Å²) in [6.07, 6.45) is 4.07. The van der Waals surface area contributed by atoms with E-state index in [4.69, 9.17) is 9.47 Å². The average molecular weight is 275 g/mol. The van der Waals surface area contributed by atoms with Gasteiger partial charge in [0.1, 0.15) is 11.5 Å². The molecule has 2 N–H and O–H groups in total. The van der Waals surface area contributed by atoms with Gasteiger partial charge in [-0.25, -0.2) is 4.98 Å².